The highest BCUT2D eigenvalue weighted by atomic mass is 16.2. The summed E-state index contributed by atoms with van der Waals surface area (Å²) < 4.78 is 0. The molecule has 0 aliphatic carbocycles. The van der Waals surface area contributed by atoms with Crippen LogP contribution in [-0.4, -0.2) is 19.1 Å². The molecule has 18 heavy (non-hydrogen) atoms. The Hall–Kier alpha value is -1.55. The van der Waals surface area contributed by atoms with Crippen molar-refractivity contribution in [1.29, 1.82) is 0 Å². The zero-order chi connectivity index (χ0) is 13.0. The lowest BCUT2D eigenvalue weighted by molar-refractivity contribution is 0.246. The molecule has 4 nitrogen and oxygen atoms in total. The van der Waals surface area contributed by atoms with E-state index in [2.05, 4.69) is 5.32 Å². The Morgan fingerprint density at radius 3 is 3.06 bits per heavy atom. The Balaban J connectivity index is 2.25. The molecule has 1 unspecified atom stereocenters. The number of anilines is 1. The Kier molecular flexibility index (Phi) is 4.20. The lowest BCUT2D eigenvalue weighted by atomic mass is 10.0. The van der Waals surface area contributed by atoms with Gasteiger partial charge in [0.05, 0.1) is 5.69 Å². The molecule has 1 aliphatic heterocycles. The number of amides is 2. The van der Waals surface area contributed by atoms with Gasteiger partial charge in [0.15, 0.2) is 0 Å². The number of carbonyl (C=O) groups is 1. The second kappa shape index (κ2) is 5.87. The fourth-order valence-electron chi connectivity index (χ4n) is 2.33. The fourth-order valence-corrected chi connectivity index (χ4v) is 2.33. The smallest absolute Gasteiger partial charge is 0.321 e. The molecule has 98 valence electrons. The first kappa shape index (κ1) is 12.9. The summed E-state index contributed by atoms with van der Waals surface area (Å²) in [5.74, 6) is 0. The topological polar surface area (TPSA) is 58.4 Å². The van der Waals surface area contributed by atoms with Crippen molar-refractivity contribution in [3.8, 4) is 0 Å². The van der Waals surface area contributed by atoms with E-state index >= 15 is 0 Å². The van der Waals surface area contributed by atoms with Crippen molar-refractivity contribution in [1.82, 2.24) is 5.32 Å². The van der Waals surface area contributed by atoms with Gasteiger partial charge in [-0.3, -0.25) is 4.90 Å². The minimum Gasteiger partial charge on any atom is -0.338 e. The quantitative estimate of drug-likeness (QED) is 0.843. The van der Waals surface area contributed by atoms with Crippen LogP contribution in [0.25, 0.3) is 0 Å². The summed E-state index contributed by atoms with van der Waals surface area (Å²) in [7, 11) is 0. The number of nitrogens with zero attached hydrogens (tertiary/aromatic N) is 1. The average Bonchev–Trinajstić information content (AvgIpc) is 2.56. The molecule has 0 saturated heterocycles. The van der Waals surface area contributed by atoms with Gasteiger partial charge >= 0.3 is 6.03 Å². The molecule has 1 aromatic rings. The SMILES string of the molecule is CCCNC(=O)N1CCCC(N)c2ccccc21. The molecule has 1 aliphatic rings. The van der Waals surface area contributed by atoms with Gasteiger partial charge in [0.2, 0.25) is 0 Å². The van der Waals surface area contributed by atoms with Crippen LogP contribution in [0.15, 0.2) is 24.3 Å². The van der Waals surface area contributed by atoms with E-state index in [4.69, 9.17) is 5.73 Å². The number of fused-ring (bicyclic) bond motifs is 1. The molecule has 2 amide bonds. The maximum atomic E-state index is 12.2. The van der Waals surface area contributed by atoms with Crippen molar-refractivity contribution in [2.75, 3.05) is 18.0 Å². The molecule has 1 heterocycles. The zero-order valence-corrected chi connectivity index (χ0v) is 10.9. The van der Waals surface area contributed by atoms with Crippen molar-refractivity contribution in [3.63, 3.8) is 0 Å². The number of benzene rings is 1. The maximum absolute atomic E-state index is 12.2. The molecule has 0 radical (unpaired) electrons. The Bertz CT molecular complexity index is 419. The third-order valence-electron chi connectivity index (χ3n) is 3.30. The van der Waals surface area contributed by atoms with Crippen LogP contribution in [0, 0.1) is 0 Å². The minimum absolute atomic E-state index is 0.0154. The van der Waals surface area contributed by atoms with E-state index in [-0.39, 0.29) is 12.1 Å². The number of rotatable bonds is 2. The van der Waals surface area contributed by atoms with Gasteiger partial charge < -0.3 is 11.1 Å². The lowest BCUT2D eigenvalue weighted by Crippen LogP contribution is -2.40. The van der Waals surface area contributed by atoms with E-state index in [1.165, 1.54) is 0 Å². The Morgan fingerprint density at radius 2 is 2.28 bits per heavy atom. The van der Waals surface area contributed by atoms with E-state index in [9.17, 15) is 4.79 Å². The van der Waals surface area contributed by atoms with Crippen LogP contribution in [0.1, 0.15) is 37.8 Å². The molecule has 3 N–H and O–H groups in total. The highest BCUT2D eigenvalue weighted by Crippen LogP contribution is 2.31. The van der Waals surface area contributed by atoms with E-state index < -0.39 is 0 Å². The Morgan fingerprint density at radius 1 is 1.50 bits per heavy atom. The third kappa shape index (κ3) is 2.64. The molecule has 0 fully saturated rings. The molecule has 0 bridgehead atoms. The zero-order valence-electron chi connectivity index (χ0n) is 10.9. The summed E-state index contributed by atoms with van der Waals surface area (Å²) in [6.45, 7) is 3.50. The van der Waals surface area contributed by atoms with Gasteiger partial charge in [0, 0.05) is 19.1 Å². The van der Waals surface area contributed by atoms with Gasteiger partial charge in [-0.15, -0.1) is 0 Å². The van der Waals surface area contributed by atoms with Crippen LogP contribution >= 0.6 is 0 Å². The second-order valence-electron chi connectivity index (χ2n) is 4.69. The summed E-state index contributed by atoms with van der Waals surface area (Å²) in [5.41, 5.74) is 8.18. The molecule has 0 spiro atoms. The average molecular weight is 247 g/mol. The number of nitrogens with two attached hydrogens (primary N) is 1. The molecule has 2 rings (SSSR count). The van der Waals surface area contributed by atoms with E-state index in [0.717, 1.165) is 37.1 Å². The van der Waals surface area contributed by atoms with E-state index in [0.29, 0.717) is 6.54 Å². The van der Waals surface area contributed by atoms with Gasteiger partial charge in [-0.05, 0) is 30.9 Å². The third-order valence-corrected chi connectivity index (χ3v) is 3.30. The van der Waals surface area contributed by atoms with Gasteiger partial charge in [0.1, 0.15) is 0 Å². The first-order chi connectivity index (χ1) is 8.74. The second-order valence-corrected chi connectivity index (χ2v) is 4.69. The van der Waals surface area contributed by atoms with E-state index in [1.54, 1.807) is 0 Å². The molecular weight excluding hydrogens is 226 g/mol. The van der Waals surface area contributed by atoms with Gasteiger partial charge in [-0.2, -0.15) is 0 Å². The van der Waals surface area contributed by atoms with Crippen molar-refractivity contribution in [2.24, 2.45) is 5.73 Å². The molecule has 1 aromatic carbocycles. The molecule has 0 aromatic heterocycles. The largest absolute Gasteiger partial charge is 0.338 e. The standard InChI is InChI=1S/C14H21N3O/c1-2-9-16-14(18)17-10-5-7-12(15)11-6-3-4-8-13(11)17/h3-4,6,8,12H,2,5,7,9-10,15H2,1H3,(H,16,18). The monoisotopic (exact) mass is 247 g/mol. The van der Waals surface area contributed by atoms with Crippen LogP contribution in [0.5, 0.6) is 0 Å². The maximum Gasteiger partial charge on any atom is 0.321 e. The molecule has 4 heteroatoms. The summed E-state index contributed by atoms with van der Waals surface area (Å²) >= 11 is 0. The summed E-state index contributed by atoms with van der Waals surface area (Å²) in [4.78, 5) is 14.0. The number of hydrogen-bond donors (Lipinski definition) is 2. The molecule has 0 saturated carbocycles. The minimum atomic E-state index is -0.0154. The van der Waals surface area contributed by atoms with Crippen LogP contribution in [0.3, 0.4) is 0 Å². The highest BCUT2D eigenvalue weighted by Gasteiger charge is 2.23. The normalized spacial score (nSPS) is 19.0. The van der Waals surface area contributed by atoms with Crippen LogP contribution in [-0.2, 0) is 0 Å². The van der Waals surface area contributed by atoms with Crippen molar-refractivity contribution < 1.29 is 4.79 Å². The van der Waals surface area contributed by atoms with Crippen molar-refractivity contribution in [3.05, 3.63) is 29.8 Å². The number of urea groups is 1. The number of nitrogens with one attached hydrogen (secondary N) is 1. The first-order valence-corrected chi connectivity index (χ1v) is 6.64. The van der Waals surface area contributed by atoms with Crippen LogP contribution < -0.4 is 16.0 Å². The first-order valence-electron chi connectivity index (χ1n) is 6.64. The van der Waals surface area contributed by atoms with Gasteiger partial charge in [-0.1, -0.05) is 25.1 Å². The predicted molar refractivity (Wildman–Crippen MR) is 73.6 cm³/mol. The van der Waals surface area contributed by atoms with Gasteiger partial charge in [0.25, 0.3) is 0 Å². The predicted octanol–water partition coefficient (Wildman–Crippen LogP) is 2.41. The van der Waals surface area contributed by atoms with Crippen molar-refractivity contribution >= 4 is 11.7 Å². The molecular formula is C14H21N3O. The van der Waals surface area contributed by atoms with Crippen molar-refractivity contribution in [2.45, 2.75) is 32.2 Å². The number of para-hydroxylation sites is 1. The molecule has 1 atom stereocenters. The fraction of sp³-hybridized carbons (Fsp3) is 0.500. The summed E-state index contributed by atoms with van der Waals surface area (Å²) in [5, 5.41) is 2.93. The van der Waals surface area contributed by atoms with Crippen LogP contribution in [0.2, 0.25) is 0 Å². The lowest BCUT2D eigenvalue weighted by Gasteiger charge is -2.23. The van der Waals surface area contributed by atoms with E-state index in [1.807, 2.05) is 36.1 Å². The summed E-state index contributed by atoms with van der Waals surface area (Å²) in [6, 6.07) is 7.95. The Labute approximate surface area is 108 Å². The highest BCUT2D eigenvalue weighted by molar-refractivity contribution is 5.93. The van der Waals surface area contributed by atoms with Gasteiger partial charge in [-0.25, -0.2) is 4.79 Å². The number of carbonyl (C=O) groups excluding carboxylic acids is 1. The van der Waals surface area contributed by atoms with Crippen LogP contribution in [0.4, 0.5) is 10.5 Å². The summed E-state index contributed by atoms with van der Waals surface area (Å²) in [6.07, 6.45) is 2.81. The number of hydrogen-bond acceptors (Lipinski definition) is 2.